The largest absolute Gasteiger partial charge is 0.494 e. The van der Waals surface area contributed by atoms with E-state index in [1.807, 2.05) is 38.1 Å². The fourth-order valence-electron chi connectivity index (χ4n) is 4.98. The Bertz CT molecular complexity index is 1300. The summed E-state index contributed by atoms with van der Waals surface area (Å²) < 4.78 is 10.5. The molecule has 1 aliphatic rings. The Morgan fingerprint density at radius 1 is 0.829 bits per heavy atom. The highest BCUT2D eigenvalue weighted by atomic mass is 16.5. The van der Waals surface area contributed by atoms with E-state index >= 15 is 0 Å². The van der Waals surface area contributed by atoms with Crippen molar-refractivity contribution in [2.75, 3.05) is 6.61 Å². The van der Waals surface area contributed by atoms with Gasteiger partial charge in [0.25, 0.3) is 5.82 Å². The average molecular weight is 466 g/mol. The molecule has 4 heteroatoms. The standard InChI is InChI=1S/C31H33N2O2/c1-3-30(34)26-15-11-24(12-16-26)23-9-13-25(14-10-23)29-22-33(31-8-6-5-7-21-32(29)31)27-17-19-28(20-18-27)35-4-2/h9-20,22H,3-8,21H2,1-2H3/q+1. The molecule has 0 saturated carbocycles. The maximum absolute atomic E-state index is 11.9. The molecule has 5 rings (SSSR count). The summed E-state index contributed by atoms with van der Waals surface area (Å²) in [6, 6.07) is 25.2. The summed E-state index contributed by atoms with van der Waals surface area (Å²) in [7, 11) is 0. The summed E-state index contributed by atoms with van der Waals surface area (Å²) in [5.74, 6) is 2.45. The third-order valence-corrected chi connectivity index (χ3v) is 6.88. The van der Waals surface area contributed by atoms with Crippen molar-refractivity contribution < 1.29 is 14.1 Å². The molecule has 0 radical (unpaired) electrons. The van der Waals surface area contributed by atoms with Crippen molar-refractivity contribution in [1.29, 1.82) is 0 Å². The van der Waals surface area contributed by atoms with Crippen LogP contribution < -0.4 is 9.30 Å². The molecule has 4 nitrogen and oxygen atoms in total. The van der Waals surface area contributed by atoms with Crippen LogP contribution in [-0.2, 0) is 13.0 Å². The van der Waals surface area contributed by atoms with Gasteiger partial charge in [-0.05, 0) is 73.7 Å². The summed E-state index contributed by atoms with van der Waals surface area (Å²) in [6.45, 7) is 5.63. The van der Waals surface area contributed by atoms with Gasteiger partial charge in [-0.1, -0.05) is 43.3 Å². The molecule has 35 heavy (non-hydrogen) atoms. The normalized spacial score (nSPS) is 13.2. The van der Waals surface area contributed by atoms with Gasteiger partial charge in [0.05, 0.1) is 13.2 Å². The third kappa shape index (κ3) is 4.79. The Kier molecular flexibility index (Phi) is 6.80. The van der Waals surface area contributed by atoms with Gasteiger partial charge in [0.1, 0.15) is 17.6 Å². The van der Waals surface area contributed by atoms with Crippen LogP contribution >= 0.6 is 0 Å². The molecule has 0 atom stereocenters. The van der Waals surface area contributed by atoms with Crippen LogP contribution in [0, 0.1) is 0 Å². The number of ether oxygens (including phenoxy) is 1. The van der Waals surface area contributed by atoms with Crippen molar-refractivity contribution in [3.63, 3.8) is 0 Å². The van der Waals surface area contributed by atoms with E-state index in [9.17, 15) is 4.79 Å². The molecule has 0 spiro atoms. The first kappa shape index (κ1) is 23.1. The highest BCUT2D eigenvalue weighted by Gasteiger charge is 2.27. The lowest BCUT2D eigenvalue weighted by Gasteiger charge is -2.06. The lowest BCUT2D eigenvalue weighted by atomic mass is 10.00. The molecule has 4 aromatic rings. The van der Waals surface area contributed by atoms with E-state index in [0.29, 0.717) is 13.0 Å². The highest BCUT2D eigenvalue weighted by Crippen LogP contribution is 2.27. The van der Waals surface area contributed by atoms with Crippen molar-refractivity contribution in [3.05, 3.63) is 90.4 Å². The van der Waals surface area contributed by atoms with Crippen LogP contribution in [-0.4, -0.2) is 17.0 Å². The van der Waals surface area contributed by atoms with Gasteiger partial charge < -0.3 is 4.74 Å². The lowest BCUT2D eigenvalue weighted by molar-refractivity contribution is -0.692. The summed E-state index contributed by atoms with van der Waals surface area (Å²) in [6.07, 6.45) is 7.59. The van der Waals surface area contributed by atoms with Crippen LogP contribution in [0.5, 0.6) is 5.75 Å². The molecule has 0 fully saturated rings. The molecular formula is C31H33N2O2+. The lowest BCUT2D eigenvalue weighted by Crippen LogP contribution is -2.38. The molecule has 0 N–H and O–H groups in total. The van der Waals surface area contributed by atoms with Gasteiger partial charge in [-0.15, -0.1) is 0 Å². The number of ketones is 1. The molecule has 0 unspecified atom stereocenters. The number of imidazole rings is 1. The Morgan fingerprint density at radius 2 is 1.49 bits per heavy atom. The van der Waals surface area contributed by atoms with Gasteiger partial charge >= 0.3 is 0 Å². The summed E-state index contributed by atoms with van der Waals surface area (Å²) in [5.41, 5.74) is 6.71. The van der Waals surface area contributed by atoms with Crippen LogP contribution in [0.4, 0.5) is 0 Å². The maximum atomic E-state index is 11.9. The smallest absolute Gasteiger partial charge is 0.262 e. The number of hydrogen-bond acceptors (Lipinski definition) is 2. The van der Waals surface area contributed by atoms with Gasteiger partial charge in [0.15, 0.2) is 11.5 Å². The number of hydrogen-bond donors (Lipinski definition) is 0. The Hall–Kier alpha value is -3.66. The van der Waals surface area contributed by atoms with E-state index in [4.69, 9.17) is 4.74 Å². The molecule has 0 bridgehead atoms. The number of carbonyl (C=O) groups is 1. The van der Waals surface area contributed by atoms with Crippen LogP contribution in [0.25, 0.3) is 28.1 Å². The fraction of sp³-hybridized carbons (Fsp3) is 0.290. The predicted molar refractivity (Wildman–Crippen MR) is 140 cm³/mol. The second-order valence-corrected chi connectivity index (χ2v) is 9.12. The number of nitrogens with zero attached hydrogens (tertiary/aromatic N) is 2. The molecule has 0 amide bonds. The molecule has 0 aliphatic carbocycles. The summed E-state index contributed by atoms with van der Waals surface area (Å²) >= 11 is 0. The molecule has 1 aromatic heterocycles. The van der Waals surface area contributed by atoms with Crippen LogP contribution in [0.1, 0.15) is 55.7 Å². The van der Waals surface area contributed by atoms with Gasteiger partial charge in [-0.3, -0.25) is 4.79 Å². The van der Waals surface area contributed by atoms with Crippen molar-refractivity contribution in [2.45, 2.75) is 52.5 Å². The fourth-order valence-corrected chi connectivity index (χ4v) is 4.98. The quantitative estimate of drug-likeness (QED) is 0.222. The van der Waals surface area contributed by atoms with Gasteiger partial charge in [-0.25, -0.2) is 4.57 Å². The van der Waals surface area contributed by atoms with Gasteiger partial charge in [0, 0.05) is 24.0 Å². The monoisotopic (exact) mass is 465 g/mol. The number of benzene rings is 3. The first-order valence-corrected chi connectivity index (χ1v) is 12.8. The van der Waals surface area contributed by atoms with Crippen LogP contribution in [0.3, 0.4) is 0 Å². The second-order valence-electron chi connectivity index (χ2n) is 9.12. The first-order chi connectivity index (χ1) is 17.2. The first-order valence-electron chi connectivity index (χ1n) is 12.8. The number of fused-ring (bicyclic) bond motifs is 1. The van der Waals surface area contributed by atoms with E-state index < -0.39 is 0 Å². The van der Waals surface area contributed by atoms with E-state index in [1.165, 1.54) is 42.0 Å². The van der Waals surface area contributed by atoms with Crippen molar-refractivity contribution in [2.24, 2.45) is 0 Å². The minimum Gasteiger partial charge on any atom is -0.494 e. The van der Waals surface area contributed by atoms with Gasteiger partial charge in [-0.2, -0.15) is 4.57 Å². The zero-order valence-corrected chi connectivity index (χ0v) is 20.7. The number of carbonyl (C=O) groups excluding carboxylic acids is 1. The van der Waals surface area contributed by atoms with Crippen LogP contribution in [0.15, 0.2) is 79.0 Å². The highest BCUT2D eigenvalue weighted by molar-refractivity contribution is 5.96. The van der Waals surface area contributed by atoms with Crippen molar-refractivity contribution in [1.82, 2.24) is 4.57 Å². The second kappa shape index (κ2) is 10.3. The molecule has 1 aliphatic heterocycles. The van der Waals surface area contributed by atoms with Crippen molar-refractivity contribution in [3.8, 4) is 33.8 Å². The maximum Gasteiger partial charge on any atom is 0.262 e. The molecule has 178 valence electrons. The zero-order valence-electron chi connectivity index (χ0n) is 20.7. The SMILES string of the molecule is CCOc1ccc(-n2cc(-c3ccc(-c4ccc(C(=O)CC)cc4)cc3)[n+]3c2CCCCC3)cc1. The number of Topliss-reactive ketones (excluding diaryl/α,β-unsaturated/α-hetero) is 1. The van der Waals surface area contributed by atoms with Crippen LogP contribution in [0.2, 0.25) is 0 Å². The summed E-state index contributed by atoms with van der Waals surface area (Å²) in [4.78, 5) is 11.9. The predicted octanol–water partition coefficient (Wildman–Crippen LogP) is 6.82. The molecule has 0 saturated heterocycles. The average Bonchev–Trinajstić information content (AvgIpc) is 3.09. The number of rotatable bonds is 7. The van der Waals surface area contributed by atoms with Gasteiger partial charge in [0.2, 0.25) is 0 Å². The van der Waals surface area contributed by atoms with E-state index in [1.54, 1.807) is 0 Å². The molecule has 2 heterocycles. The third-order valence-electron chi connectivity index (χ3n) is 6.88. The Balaban J connectivity index is 1.48. The minimum atomic E-state index is 0.182. The molecular weight excluding hydrogens is 432 g/mol. The van der Waals surface area contributed by atoms with Crippen molar-refractivity contribution >= 4 is 5.78 Å². The van der Waals surface area contributed by atoms with E-state index in [-0.39, 0.29) is 5.78 Å². The van der Waals surface area contributed by atoms with E-state index in [0.717, 1.165) is 35.4 Å². The Morgan fingerprint density at radius 3 is 2.14 bits per heavy atom. The molecule has 3 aromatic carbocycles. The summed E-state index contributed by atoms with van der Waals surface area (Å²) in [5, 5.41) is 0. The Labute approximate surface area is 207 Å². The zero-order chi connectivity index (χ0) is 24.2. The number of aromatic nitrogens is 2. The minimum absolute atomic E-state index is 0.182. The topological polar surface area (TPSA) is 35.1 Å². The van der Waals surface area contributed by atoms with E-state index in [2.05, 4.69) is 63.9 Å².